The molecule has 0 saturated carbocycles. The molecule has 0 N–H and O–H groups in total. The van der Waals surface area contributed by atoms with Crippen molar-refractivity contribution >= 4 is 17.4 Å². The summed E-state index contributed by atoms with van der Waals surface area (Å²) in [5, 5.41) is 0. The van der Waals surface area contributed by atoms with Gasteiger partial charge in [-0.25, -0.2) is 4.39 Å². The second-order valence-corrected chi connectivity index (χ2v) is 9.51. The normalized spacial score (nSPS) is 13.3. The number of halogens is 1. The van der Waals surface area contributed by atoms with E-state index >= 15 is 0 Å². The van der Waals surface area contributed by atoms with Crippen LogP contribution in [0.1, 0.15) is 21.5 Å². The lowest BCUT2D eigenvalue weighted by atomic mass is 9.96. The first kappa shape index (κ1) is 31.0. The molecular weight excluding hydrogens is 559 g/mol. The molecule has 4 rings (SSSR count). The molecule has 228 valence electrons. The van der Waals surface area contributed by atoms with Crippen molar-refractivity contribution in [3.63, 3.8) is 0 Å². The minimum atomic E-state index is -0.396. The van der Waals surface area contributed by atoms with Gasteiger partial charge in [-0.2, -0.15) is 0 Å². The van der Waals surface area contributed by atoms with E-state index in [1.165, 1.54) is 60.9 Å². The highest BCUT2D eigenvalue weighted by Crippen LogP contribution is 2.41. The average Bonchev–Trinajstić information content (AvgIpc) is 3.05. The maximum atomic E-state index is 13.8. The van der Waals surface area contributed by atoms with Crippen molar-refractivity contribution in [3.05, 3.63) is 77.1 Å². The van der Waals surface area contributed by atoms with Crippen molar-refractivity contribution in [3.8, 4) is 34.5 Å². The molecule has 1 aliphatic rings. The molecular formula is C32H35FN2O8. The molecule has 10 nitrogen and oxygen atoms in total. The zero-order chi connectivity index (χ0) is 31.1. The van der Waals surface area contributed by atoms with Gasteiger partial charge in [0.25, 0.3) is 5.91 Å². The highest BCUT2D eigenvalue weighted by Gasteiger charge is 2.27. The number of carbonyl (C=O) groups is 2. The molecule has 1 saturated heterocycles. The third-order valence-corrected chi connectivity index (χ3v) is 7.19. The smallest absolute Gasteiger partial charge is 0.254 e. The third kappa shape index (κ3) is 6.61. The molecule has 1 aliphatic heterocycles. The van der Waals surface area contributed by atoms with Crippen LogP contribution in [0.5, 0.6) is 34.5 Å². The Labute approximate surface area is 250 Å². The van der Waals surface area contributed by atoms with E-state index < -0.39 is 5.82 Å². The van der Waals surface area contributed by atoms with Crippen molar-refractivity contribution in [1.29, 1.82) is 0 Å². The summed E-state index contributed by atoms with van der Waals surface area (Å²) in [4.78, 5) is 30.3. The molecule has 0 aromatic heterocycles. The van der Waals surface area contributed by atoms with Gasteiger partial charge in [-0.05, 0) is 53.1 Å². The van der Waals surface area contributed by atoms with E-state index in [2.05, 4.69) is 0 Å². The largest absolute Gasteiger partial charge is 0.493 e. The maximum Gasteiger partial charge on any atom is 0.254 e. The van der Waals surface area contributed by atoms with Gasteiger partial charge in [0.05, 0.1) is 42.7 Å². The zero-order valence-electron chi connectivity index (χ0n) is 25.1. The Hall–Kier alpha value is -4.93. The number of hydrogen-bond acceptors (Lipinski definition) is 8. The number of ether oxygens (including phenoxy) is 6. The van der Waals surface area contributed by atoms with Crippen LogP contribution in [0, 0.1) is 5.82 Å². The van der Waals surface area contributed by atoms with Crippen LogP contribution in [0.25, 0.3) is 5.57 Å². The van der Waals surface area contributed by atoms with Crippen LogP contribution in [0.15, 0.2) is 54.6 Å². The summed E-state index contributed by atoms with van der Waals surface area (Å²) >= 11 is 0. The average molecular weight is 595 g/mol. The number of rotatable bonds is 10. The van der Waals surface area contributed by atoms with E-state index in [1.54, 1.807) is 46.2 Å². The first-order valence-electron chi connectivity index (χ1n) is 13.4. The molecule has 1 fully saturated rings. The molecule has 0 radical (unpaired) electrons. The van der Waals surface area contributed by atoms with Gasteiger partial charge < -0.3 is 38.2 Å². The van der Waals surface area contributed by atoms with Crippen LogP contribution >= 0.6 is 0 Å². The van der Waals surface area contributed by atoms with Crippen LogP contribution in [0.2, 0.25) is 0 Å². The summed E-state index contributed by atoms with van der Waals surface area (Å²) < 4.78 is 46.4. The van der Waals surface area contributed by atoms with Gasteiger partial charge in [0, 0.05) is 37.8 Å². The molecule has 0 spiro atoms. The summed E-state index contributed by atoms with van der Waals surface area (Å²) in [6.45, 7) is 1.28. The molecule has 3 aromatic carbocycles. The van der Waals surface area contributed by atoms with Gasteiger partial charge in [-0.15, -0.1) is 0 Å². The van der Waals surface area contributed by atoms with Crippen LogP contribution in [-0.4, -0.2) is 90.5 Å². The highest BCUT2D eigenvalue weighted by atomic mass is 19.1. The number of amides is 2. The van der Waals surface area contributed by atoms with Crippen LogP contribution in [0.3, 0.4) is 0 Å². The number of piperazine rings is 1. The van der Waals surface area contributed by atoms with Gasteiger partial charge >= 0.3 is 0 Å². The summed E-state index contributed by atoms with van der Waals surface area (Å²) in [6, 6.07) is 12.6. The Kier molecular flexibility index (Phi) is 9.97. The first-order valence-corrected chi connectivity index (χ1v) is 13.4. The maximum absolute atomic E-state index is 13.8. The lowest BCUT2D eigenvalue weighted by Gasteiger charge is -2.34. The van der Waals surface area contributed by atoms with E-state index in [4.69, 9.17) is 28.4 Å². The predicted octanol–water partition coefficient (Wildman–Crippen LogP) is 4.29. The predicted molar refractivity (Wildman–Crippen MR) is 158 cm³/mol. The van der Waals surface area contributed by atoms with E-state index in [0.29, 0.717) is 82.9 Å². The summed E-state index contributed by atoms with van der Waals surface area (Å²) in [6.07, 6.45) is 1.50. The number of benzene rings is 3. The van der Waals surface area contributed by atoms with Gasteiger partial charge in [0.15, 0.2) is 23.0 Å². The van der Waals surface area contributed by atoms with Crippen LogP contribution in [-0.2, 0) is 4.79 Å². The fraction of sp³-hybridized carbons (Fsp3) is 0.312. The topological polar surface area (TPSA) is 96.0 Å². The molecule has 1 heterocycles. The number of nitrogens with zero attached hydrogens (tertiary/aromatic N) is 2. The van der Waals surface area contributed by atoms with E-state index in [0.717, 1.165) is 0 Å². The summed E-state index contributed by atoms with van der Waals surface area (Å²) in [5.41, 5.74) is 2.17. The van der Waals surface area contributed by atoms with Gasteiger partial charge in [0.2, 0.25) is 17.4 Å². The SMILES string of the molecule is COc1cc(C(=O)N2CCN(C(=O)/C=C(\c3ccc(F)cc3)c3cc(OC)c(OC)c(OC)c3)CC2)cc(OC)c1OC. The van der Waals surface area contributed by atoms with E-state index in [1.807, 2.05) is 0 Å². The van der Waals surface area contributed by atoms with Crippen molar-refractivity contribution < 1.29 is 42.4 Å². The zero-order valence-corrected chi connectivity index (χ0v) is 25.1. The lowest BCUT2D eigenvalue weighted by Crippen LogP contribution is -2.50. The molecule has 2 amide bonds. The van der Waals surface area contributed by atoms with Gasteiger partial charge in [-0.1, -0.05) is 12.1 Å². The molecule has 0 unspecified atom stereocenters. The lowest BCUT2D eigenvalue weighted by molar-refractivity contribution is -0.127. The number of methoxy groups -OCH3 is 6. The monoisotopic (exact) mass is 594 g/mol. The van der Waals surface area contributed by atoms with Crippen molar-refractivity contribution in [1.82, 2.24) is 9.80 Å². The minimum absolute atomic E-state index is 0.216. The third-order valence-electron chi connectivity index (χ3n) is 7.19. The Balaban J connectivity index is 1.59. The molecule has 11 heteroatoms. The number of hydrogen-bond donors (Lipinski definition) is 0. The first-order chi connectivity index (χ1) is 20.8. The fourth-order valence-corrected chi connectivity index (χ4v) is 4.93. The molecule has 3 aromatic rings. The summed E-state index contributed by atoms with van der Waals surface area (Å²) in [7, 11) is 8.99. The van der Waals surface area contributed by atoms with E-state index in [-0.39, 0.29) is 11.8 Å². The van der Waals surface area contributed by atoms with Crippen LogP contribution < -0.4 is 28.4 Å². The van der Waals surface area contributed by atoms with Gasteiger partial charge in [0.1, 0.15) is 5.82 Å². The Morgan fingerprint density at radius 2 is 1.02 bits per heavy atom. The van der Waals surface area contributed by atoms with Crippen LogP contribution in [0.4, 0.5) is 4.39 Å². The van der Waals surface area contributed by atoms with Crippen molar-refractivity contribution in [2.75, 3.05) is 68.8 Å². The Bertz CT molecular complexity index is 1450. The van der Waals surface area contributed by atoms with Crippen molar-refractivity contribution in [2.45, 2.75) is 0 Å². The standard InChI is InChI=1S/C32H35FN2O8/c1-38-25-15-21(16-26(39-2)30(25)42-5)24(20-7-9-23(33)10-8-20)19-29(36)34-11-13-35(14-12-34)32(37)22-17-27(40-3)31(43-6)28(18-22)41-4/h7-10,15-19H,11-14H2,1-6H3/b24-19+. The Morgan fingerprint density at radius 1 is 0.605 bits per heavy atom. The fourth-order valence-electron chi connectivity index (χ4n) is 4.93. The molecule has 0 atom stereocenters. The molecule has 43 heavy (non-hydrogen) atoms. The van der Waals surface area contributed by atoms with Gasteiger partial charge in [-0.3, -0.25) is 9.59 Å². The van der Waals surface area contributed by atoms with E-state index in [9.17, 15) is 14.0 Å². The number of carbonyl (C=O) groups excluding carboxylic acids is 2. The second-order valence-electron chi connectivity index (χ2n) is 9.51. The highest BCUT2D eigenvalue weighted by molar-refractivity contribution is 6.00. The van der Waals surface area contributed by atoms with Crippen molar-refractivity contribution in [2.24, 2.45) is 0 Å². The minimum Gasteiger partial charge on any atom is -0.493 e. The summed E-state index contributed by atoms with van der Waals surface area (Å²) in [5.74, 6) is 1.52. The molecule has 0 aliphatic carbocycles. The molecule has 0 bridgehead atoms. The second kappa shape index (κ2) is 13.8. The Morgan fingerprint density at radius 3 is 1.44 bits per heavy atom. The quantitative estimate of drug-likeness (QED) is 0.321.